The summed E-state index contributed by atoms with van der Waals surface area (Å²) in [6.45, 7) is 6.87. The average Bonchev–Trinajstić information content (AvgIpc) is 2.54. The van der Waals surface area contributed by atoms with Gasteiger partial charge in [-0.15, -0.1) is 0 Å². The van der Waals surface area contributed by atoms with Crippen LogP contribution >= 0.6 is 0 Å². The van der Waals surface area contributed by atoms with E-state index in [-0.39, 0.29) is 24.4 Å². The molecule has 0 aromatic heterocycles. The third-order valence-electron chi connectivity index (χ3n) is 3.66. The van der Waals surface area contributed by atoms with Crippen molar-refractivity contribution in [3.63, 3.8) is 0 Å². The Balaban J connectivity index is 2.12. The van der Waals surface area contributed by atoms with Gasteiger partial charge in [-0.2, -0.15) is 0 Å². The SMILES string of the molecule is COC1=C(OC)C(C#CCOC2CCCCO2)(O[Si](C)(C)C)C1=O. The first-order chi connectivity index (χ1) is 11.3. The van der Waals surface area contributed by atoms with Crippen LogP contribution in [-0.4, -0.2) is 53.4 Å². The summed E-state index contributed by atoms with van der Waals surface area (Å²) in [5.74, 6) is 6.01. The van der Waals surface area contributed by atoms with Gasteiger partial charge in [-0.3, -0.25) is 4.79 Å². The maximum absolute atomic E-state index is 12.5. The normalized spacial score (nSPS) is 27.2. The molecule has 6 nitrogen and oxygen atoms in total. The van der Waals surface area contributed by atoms with Gasteiger partial charge in [0, 0.05) is 6.61 Å². The Hall–Kier alpha value is -1.33. The first kappa shape index (κ1) is 19.0. The standard InChI is InChI=1S/C17H26O6Si/c1-19-14-15(18)17(16(14)20-2,23-24(3,4)5)10-8-12-22-13-9-6-7-11-21-13/h13H,6-7,9,11-12H2,1-5H3. The molecule has 0 radical (unpaired) electrons. The molecule has 1 saturated heterocycles. The number of carbonyl (C=O) groups excluding carboxylic acids is 1. The predicted octanol–water partition coefficient (Wildman–Crippen LogP) is 2.21. The highest BCUT2D eigenvalue weighted by atomic mass is 28.4. The second kappa shape index (κ2) is 7.70. The van der Waals surface area contributed by atoms with Crippen molar-refractivity contribution in [2.24, 2.45) is 0 Å². The molecule has 2 rings (SSSR count). The summed E-state index contributed by atoms with van der Waals surface area (Å²) in [5.41, 5.74) is -1.37. The van der Waals surface area contributed by atoms with E-state index < -0.39 is 13.9 Å². The number of rotatable bonds is 6. The molecule has 0 amide bonds. The van der Waals surface area contributed by atoms with Crippen LogP contribution in [0.1, 0.15) is 19.3 Å². The van der Waals surface area contributed by atoms with Gasteiger partial charge in [0.25, 0.3) is 5.78 Å². The minimum atomic E-state index is -2.06. The summed E-state index contributed by atoms with van der Waals surface area (Å²) >= 11 is 0. The van der Waals surface area contributed by atoms with E-state index in [1.54, 1.807) is 0 Å². The second-order valence-corrected chi connectivity index (χ2v) is 11.1. The lowest BCUT2D eigenvalue weighted by molar-refractivity contribution is -0.154. The van der Waals surface area contributed by atoms with Gasteiger partial charge in [0.15, 0.2) is 20.4 Å². The van der Waals surface area contributed by atoms with E-state index in [4.69, 9.17) is 23.4 Å². The number of methoxy groups -OCH3 is 2. The first-order valence-electron chi connectivity index (χ1n) is 8.15. The molecule has 1 fully saturated rings. The summed E-state index contributed by atoms with van der Waals surface area (Å²) in [5, 5.41) is 0. The molecule has 1 aliphatic heterocycles. The van der Waals surface area contributed by atoms with E-state index in [1.165, 1.54) is 14.2 Å². The molecule has 0 aromatic rings. The van der Waals surface area contributed by atoms with Crippen molar-refractivity contribution in [3.8, 4) is 11.8 Å². The summed E-state index contributed by atoms with van der Waals surface area (Å²) in [7, 11) is 0.860. The third-order valence-corrected chi connectivity index (χ3v) is 4.58. The van der Waals surface area contributed by atoms with E-state index in [0.29, 0.717) is 12.4 Å². The number of Topliss-reactive ketones (excluding diaryl/α,β-unsaturated/α-hetero) is 1. The van der Waals surface area contributed by atoms with Crippen LogP contribution < -0.4 is 0 Å². The molecule has 2 unspecified atom stereocenters. The Bertz CT molecular complexity index is 562. The monoisotopic (exact) mass is 354 g/mol. The maximum Gasteiger partial charge on any atom is 0.252 e. The van der Waals surface area contributed by atoms with Crippen LogP contribution in [0.15, 0.2) is 11.5 Å². The molecule has 2 aliphatic rings. The van der Waals surface area contributed by atoms with Crippen LogP contribution in [-0.2, 0) is 28.2 Å². The fourth-order valence-electron chi connectivity index (χ4n) is 2.71. The minimum Gasteiger partial charge on any atom is -0.493 e. The van der Waals surface area contributed by atoms with E-state index in [0.717, 1.165) is 19.3 Å². The molecule has 0 spiro atoms. The van der Waals surface area contributed by atoms with Crippen molar-refractivity contribution in [2.75, 3.05) is 27.4 Å². The van der Waals surface area contributed by atoms with Gasteiger partial charge in [-0.1, -0.05) is 5.92 Å². The van der Waals surface area contributed by atoms with Gasteiger partial charge in [0.1, 0.15) is 6.61 Å². The third kappa shape index (κ3) is 4.01. The summed E-state index contributed by atoms with van der Waals surface area (Å²) in [6, 6.07) is 0. The number of carbonyl (C=O) groups is 1. The number of ether oxygens (including phenoxy) is 4. The van der Waals surface area contributed by atoms with Crippen LogP contribution in [0.2, 0.25) is 19.6 Å². The lowest BCUT2D eigenvalue weighted by Crippen LogP contribution is -2.57. The zero-order valence-electron chi connectivity index (χ0n) is 15.1. The van der Waals surface area contributed by atoms with Gasteiger partial charge < -0.3 is 23.4 Å². The Morgan fingerprint density at radius 3 is 2.54 bits per heavy atom. The molecule has 0 bridgehead atoms. The second-order valence-electron chi connectivity index (χ2n) is 6.70. The Labute approximate surface area is 144 Å². The zero-order valence-corrected chi connectivity index (χ0v) is 16.1. The van der Waals surface area contributed by atoms with Crippen molar-refractivity contribution < 1.29 is 28.2 Å². The topological polar surface area (TPSA) is 63.2 Å². The molecule has 2 atom stereocenters. The highest BCUT2D eigenvalue weighted by Gasteiger charge is 2.59. The molecule has 1 heterocycles. The fraction of sp³-hybridized carbons (Fsp3) is 0.706. The Morgan fingerprint density at radius 2 is 2.00 bits per heavy atom. The molecule has 0 aromatic carbocycles. The van der Waals surface area contributed by atoms with Gasteiger partial charge in [0.05, 0.1) is 14.2 Å². The minimum absolute atomic E-state index is 0.168. The first-order valence-corrected chi connectivity index (χ1v) is 11.6. The number of ketones is 1. The Kier molecular flexibility index (Phi) is 6.10. The predicted molar refractivity (Wildman–Crippen MR) is 90.5 cm³/mol. The van der Waals surface area contributed by atoms with Gasteiger partial charge in [-0.25, -0.2) is 0 Å². The van der Waals surface area contributed by atoms with Crippen LogP contribution in [0.3, 0.4) is 0 Å². The fourth-order valence-corrected chi connectivity index (χ4v) is 3.87. The van der Waals surface area contributed by atoms with Crippen molar-refractivity contribution >= 4 is 14.1 Å². The van der Waals surface area contributed by atoms with Gasteiger partial charge >= 0.3 is 0 Å². The van der Waals surface area contributed by atoms with Crippen LogP contribution in [0.5, 0.6) is 0 Å². The van der Waals surface area contributed by atoms with Crippen LogP contribution in [0, 0.1) is 11.8 Å². The number of hydrogen-bond acceptors (Lipinski definition) is 6. The quantitative estimate of drug-likeness (QED) is 0.538. The highest BCUT2D eigenvalue weighted by Crippen LogP contribution is 2.40. The molecular weight excluding hydrogens is 328 g/mol. The summed E-state index contributed by atoms with van der Waals surface area (Å²) in [4.78, 5) is 12.5. The zero-order chi connectivity index (χ0) is 17.8. The molecule has 0 N–H and O–H groups in total. The highest BCUT2D eigenvalue weighted by molar-refractivity contribution is 6.70. The van der Waals surface area contributed by atoms with Crippen LogP contribution in [0.4, 0.5) is 0 Å². The summed E-state index contributed by atoms with van der Waals surface area (Å²) in [6.07, 6.45) is 2.81. The van der Waals surface area contributed by atoms with Gasteiger partial charge in [0.2, 0.25) is 11.4 Å². The molecule has 134 valence electrons. The molecule has 0 saturated carbocycles. The van der Waals surface area contributed by atoms with Crippen LogP contribution in [0.25, 0.3) is 0 Å². The largest absolute Gasteiger partial charge is 0.493 e. The molecule has 24 heavy (non-hydrogen) atoms. The van der Waals surface area contributed by atoms with E-state index >= 15 is 0 Å². The molecular formula is C17H26O6Si. The van der Waals surface area contributed by atoms with E-state index in [2.05, 4.69) is 11.8 Å². The molecule has 1 aliphatic carbocycles. The Morgan fingerprint density at radius 1 is 1.25 bits per heavy atom. The van der Waals surface area contributed by atoms with Crippen molar-refractivity contribution in [3.05, 3.63) is 11.5 Å². The van der Waals surface area contributed by atoms with E-state index in [1.807, 2.05) is 19.6 Å². The number of hydrogen-bond donors (Lipinski definition) is 0. The lowest BCUT2D eigenvalue weighted by atomic mass is 9.83. The maximum atomic E-state index is 12.5. The van der Waals surface area contributed by atoms with Crippen molar-refractivity contribution in [2.45, 2.75) is 50.8 Å². The smallest absolute Gasteiger partial charge is 0.252 e. The molecule has 7 heteroatoms. The summed E-state index contributed by atoms with van der Waals surface area (Å²) < 4.78 is 27.6. The lowest BCUT2D eigenvalue weighted by Gasteiger charge is -2.40. The van der Waals surface area contributed by atoms with E-state index in [9.17, 15) is 4.79 Å². The van der Waals surface area contributed by atoms with Crippen molar-refractivity contribution in [1.29, 1.82) is 0 Å². The van der Waals surface area contributed by atoms with Crippen molar-refractivity contribution in [1.82, 2.24) is 0 Å². The van der Waals surface area contributed by atoms with Gasteiger partial charge in [-0.05, 0) is 44.8 Å². The average molecular weight is 354 g/mol.